The molecule has 0 bridgehead atoms. The van der Waals surface area contributed by atoms with Gasteiger partial charge in [0.15, 0.2) is 5.79 Å². The predicted molar refractivity (Wildman–Crippen MR) is 70.2 cm³/mol. The molecule has 1 spiro atoms. The van der Waals surface area contributed by atoms with Gasteiger partial charge in [-0.05, 0) is 31.7 Å². The molecular weight excluding hydrogens is 228 g/mol. The van der Waals surface area contributed by atoms with Gasteiger partial charge in [0.05, 0.1) is 13.2 Å². The summed E-state index contributed by atoms with van der Waals surface area (Å²) in [5.74, 6) is 0.419. The second kappa shape index (κ2) is 5.08. The van der Waals surface area contributed by atoms with Crippen molar-refractivity contribution in [2.75, 3.05) is 26.3 Å². The van der Waals surface area contributed by atoms with Gasteiger partial charge in [0.2, 0.25) is 0 Å². The number of nitrogens with two attached hydrogens (primary N) is 1. The van der Waals surface area contributed by atoms with Crippen molar-refractivity contribution in [3.63, 3.8) is 0 Å². The summed E-state index contributed by atoms with van der Waals surface area (Å²) in [4.78, 5) is 2.65. The zero-order chi connectivity index (χ0) is 12.6. The predicted octanol–water partition coefficient (Wildman–Crippen LogP) is 1.34. The summed E-state index contributed by atoms with van der Waals surface area (Å²) in [7, 11) is 0. The average molecular weight is 254 g/mol. The zero-order valence-electron chi connectivity index (χ0n) is 11.4. The fraction of sp³-hybridized carbons (Fsp3) is 1.00. The van der Waals surface area contributed by atoms with E-state index in [4.69, 9.17) is 15.2 Å². The molecule has 2 N–H and O–H groups in total. The number of ether oxygens (including phenoxy) is 2. The van der Waals surface area contributed by atoms with Crippen LogP contribution in [-0.2, 0) is 9.47 Å². The van der Waals surface area contributed by atoms with Crippen molar-refractivity contribution >= 4 is 0 Å². The molecule has 4 heteroatoms. The Labute approximate surface area is 110 Å². The van der Waals surface area contributed by atoms with Crippen molar-refractivity contribution in [3.8, 4) is 0 Å². The van der Waals surface area contributed by atoms with Crippen molar-refractivity contribution in [2.24, 2.45) is 11.7 Å². The fourth-order valence-corrected chi connectivity index (χ4v) is 3.72. The molecule has 0 aromatic carbocycles. The van der Waals surface area contributed by atoms with Crippen LogP contribution in [-0.4, -0.2) is 49.1 Å². The molecule has 1 saturated carbocycles. The maximum absolute atomic E-state index is 6.10. The van der Waals surface area contributed by atoms with Gasteiger partial charge in [-0.2, -0.15) is 0 Å². The number of nitrogens with zero attached hydrogens (tertiary/aromatic N) is 1. The molecule has 2 atom stereocenters. The summed E-state index contributed by atoms with van der Waals surface area (Å²) < 4.78 is 11.6. The van der Waals surface area contributed by atoms with E-state index in [9.17, 15) is 0 Å². The van der Waals surface area contributed by atoms with E-state index >= 15 is 0 Å². The molecule has 2 aliphatic heterocycles. The summed E-state index contributed by atoms with van der Waals surface area (Å²) >= 11 is 0. The molecule has 2 saturated heterocycles. The highest BCUT2D eigenvalue weighted by Gasteiger charge is 2.42. The topological polar surface area (TPSA) is 47.7 Å². The van der Waals surface area contributed by atoms with Gasteiger partial charge in [0, 0.05) is 31.5 Å². The Morgan fingerprint density at radius 1 is 1.11 bits per heavy atom. The molecule has 3 aliphatic rings. The summed E-state index contributed by atoms with van der Waals surface area (Å²) in [6.45, 7) is 6.18. The maximum atomic E-state index is 6.10. The molecule has 0 aromatic rings. The van der Waals surface area contributed by atoms with Crippen molar-refractivity contribution in [1.82, 2.24) is 4.90 Å². The van der Waals surface area contributed by atoms with Gasteiger partial charge in [-0.15, -0.1) is 0 Å². The normalized spacial score (nSPS) is 38.3. The smallest absolute Gasteiger partial charge is 0.168 e. The monoisotopic (exact) mass is 254 g/mol. The fourth-order valence-electron chi connectivity index (χ4n) is 3.72. The molecule has 3 rings (SSSR count). The zero-order valence-corrected chi connectivity index (χ0v) is 11.4. The first kappa shape index (κ1) is 12.9. The van der Waals surface area contributed by atoms with E-state index in [2.05, 4.69) is 11.8 Å². The third-order valence-corrected chi connectivity index (χ3v) is 5.05. The molecule has 3 fully saturated rings. The second-order valence-electron chi connectivity index (χ2n) is 6.26. The highest BCUT2D eigenvalue weighted by molar-refractivity contribution is 4.90. The van der Waals surface area contributed by atoms with Crippen molar-refractivity contribution in [1.29, 1.82) is 0 Å². The first-order valence-corrected chi connectivity index (χ1v) is 7.46. The molecule has 0 aromatic heterocycles. The number of hydrogen-bond donors (Lipinski definition) is 1. The van der Waals surface area contributed by atoms with Crippen LogP contribution in [0.15, 0.2) is 0 Å². The van der Waals surface area contributed by atoms with E-state index in [-0.39, 0.29) is 5.79 Å². The number of likely N-dealkylation sites (tertiary alicyclic amines) is 1. The minimum atomic E-state index is -0.214. The molecule has 0 amide bonds. The Hall–Kier alpha value is -0.160. The Bertz CT molecular complexity index is 282. The maximum Gasteiger partial charge on any atom is 0.168 e. The van der Waals surface area contributed by atoms with Gasteiger partial charge >= 0.3 is 0 Å². The average Bonchev–Trinajstić information content (AvgIpc) is 2.82. The molecule has 4 nitrogen and oxygen atoms in total. The van der Waals surface area contributed by atoms with E-state index in [1.54, 1.807) is 0 Å². The van der Waals surface area contributed by atoms with Gasteiger partial charge in [-0.3, -0.25) is 4.90 Å². The van der Waals surface area contributed by atoms with Crippen molar-refractivity contribution < 1.29 is 9.47 Å². The van der Waals surface area contributed by atoms with Crippen LogP contribution in [0.5, 0.6) is 0 Å². The van der Waals surface area contributed by atoms with Gasteiger partial charge < -0.3 is 15.2 Å². The van der Waals surface area contributed by atoms with Crippen LogP contribution in [0.3, 0.4) is 0 Å². The summed E-state index contributed by atoms with van der Waals surface area (Å²) in [6, 6.07) is 1.12. The lowest BCUT2D eigenvalue weighted by Gasteiger charge is -2.44. The number of hydrogen-bond acceptors (Lipinski definition) is 4. The third-order valence-electron chi connectivity index (χ3n) is 5.05. The molecule has 2 unspecified atom stereocenters. The minimum Gasteiger partial charge on any atom is -0.348 e. The van der Waals surface area contributed by atoms with Crippen molar-refractivity contribution in [3.05, 3.63) is 0 Å². The Kier molecular flexibility index (Phi) is 3.63. The lowest BCUT2D eigenvalue weighted by molar-refractivity contribution is -0.184. The summed E-state index contributed by atoms with van der Waals surface area (Å²) in [5.41, 5.74) is 6.10. The first-order valence-electron chi connectivity index (χ1n) is 7.46. The molecule has 18 heavy (non-hydrogen) atoms. The van der Waals surface area contributed by atoms with Crippen LogP contribution in [0.2, 0.25) is 0 Å². The van der Waals surface area contributed by atoms with E-state index < -0.39 is 0 Å². The van der Waals surface area contributed by atoms with Crippen LogP contribution in [0, 0.1) is 5.92 Å². The quantitative estimate of drug-likeness (QED) is 0.767. The highest BCUT2D eigenvalue weighted by atomic mass is 16.7. The van der Waals surface area contributed by atoms with E-state index in [0.29, 0.717) is 12.0 Å². The lowest BCUT2D eigenvalue weighted by Crippen LogP contribution is -2.52. The Morgan fingerprint density at radius 2 is 1.78 bits per heavy atom. The van der Waals surface area contributed by atoms with E-state index in [1.165, 1.54) is 25.9 Å². The van der Waals surface area contributed by atoms with E-state index in [1.807, 2.05) is 0 Å². The number of piperidine rings is 1. The standard InChI is InChI=1S/C14H26N2O2/c1-11-10-16(7-4-13(11)15)12-2-5-14(6-3-12)17-8-9-18-14/h11-13H,2-10,15H2,1H3. The molecule has 1 aliphatic carbocycles. The van der Waals surface area contributed by atoms with Crippen LogP contribution >= 0.6 is 0 Å². The van der Waals surface area contributed by atoms with Crippen LogP contribution in [0.25, 0.3) is 0 Å². The van der Waals surface area contributed by atoms with Crippen LogP contribution < -0.4 is 5.73 Å². The molecule has 0 radical (unpaired) electrons. The highest BCUT2D eigenvalue weighted by Crippen LogP contribution is 2.38. The molecular formula is C14H26N2O2. The summed E-state index contributed by atoms with van der Waals surface area (Å²) in [5, 5.41) is 0. The van der Waals surface area contributed by atoms with Gasteiger partial charge in [-0.1, -0.05) is 6.92 Å². The van der Waals surface area contributed by atoms with Gasteiger partial charge in [0.25, 0.3) is 0 Å². The SMILES string of the molecule is CC1CN(C2CCC3(CC2)OCCO3)CCC1N. The summed E-state index contributed by atoms with van der Waals surface area (Å²) in [6.07, 6.45) is 5.70. The third kappa shape index (κ3) is 2.44. The number of rotatable bonds is 1. The van der Waals surface area contributed by atoms with Crippen LogP contribution in [0.4, 0.5) is 0 Å². The Balaban J connectivity index is 1.53. The molecule has 104 valence electrons. The first-order chi connectivity index (χ1) is 8.69. The van der Waals surface area contributed by atoms with Gasteiger partial charge in [-0.25, -0.2) is 0 Å². The van der Waals surface area contributed by atoms with Gasteiger partial charge in [0.1, 0.15) is 0 Å². The van der Waals surface area contributed by atoms with E-state index in [0.717, 1.165) is 38.5 Å². The largest absolute Gasteiger partial charge is 0.348 e. The minimum absolute atomic E-state index is 0.214. The second-order valence-corrected chi connectivity index (χ2v) is 6.26. The molecule has 2 heterocycles. The van der Waals surface area contributed by atoms with Crippen molar-refractivity contribution in [2.45, 2.75) is 56.9 Å². The van der Waals surface area contributed by atoms with Crippen LogP contribution in [0.1, 0.15) is 39.0 Å². The lowest BCUT2D eigenvalue weighted by atomic mass is 9.86. The Morgan fingerprint density at radius 3 is 2.39 bits per heavy atom.